The van der Waals surface area contributed by atoms with E-state index < -0.39 is 4.92 Å². The van der Waals surface area contributed by atoms with Crippen molar-refractivity contribution in [3.8, 4) is 0 Å². The number of anilines is 2. The van der Waals surface area contributed by atoms with Crippen molar-refractivity contribution in [3.05, 3.63) is 22.2 Å². The van der Waals surface area contributed by atoms with E-state index in [4.69, 9.17) is 0 Å². The highest BCUT2D eigenvalue weighted by Crippen LogP contribution is 2.47. The van der Waals surface area contributed by atoms with E-state index in [1.807, 2.05) is 0 Å². The Morgan fingerprint density at radius 1 is 1.53 bits per heavy atom. The number of hydrogen-bond acceptors (Lipinski definition) is 5. The number of aromatic nitrogens is 1. The van der Waals surface area contributed by atoms with Gasteiger partial charge in [-0.2, -0.15) is 0 Å². The molecule has 6 nitrogen and oxygen atoms in total. The fourth-order valence-electron chi connectivity index (χ4n) is 1.94. The third kappa shape index (κ3) is 3.13. The number of nitro groups is 1. The molecule has 0 aromatic carbocycles. The molecule has 0 bridgehead atoms. The summed E-state index contributed by atoms with van der Waals surface area (Å²) in [7, 11) is 0. The zero-order chi connectivity index (χ0) is 14.0. The average Bonchev–Trinajstić information content (AvgIpc) is 2.93. The molecule has 2 N–H and O–H groups in total. The summed E-state index contributed by atoms with van der Waals surface area (Å²) in [5.74, 6) is 1.04. The third-order valence-electron chi connectivity index (χ3n) is 3.45. The summed E-state index contributed by atoms with van der Waals surface area (Å²) in [6.45, 7) is 7.13. The minimum atomic E-state index is -0.395. The predicted octanol–water partition coefficient (Wildman–Crippen LogP) is 3.02. The van der Waals surface area contributed by atoms with Gasteiger partial charge in [0, 0.05) is 18.7 Å². The first kappa shape index (κ1) is 13.6. The van der Waals surface area contributed by atoms with Gasteiger partial charge in [0.2, 0.25) is 5.82 Å². The van der Waals surface area contributed by atoms with Crippen LogP contribution >= 0.6 is 0 Å². The molecule has 1 fully saturated rings. The van der Waals surface area contributed by atoms with Crippen molar-refractivity contribution in [1.82, 2.24) is 4.98 Å². The minimum Gasteiger partial charge on any atom is -0.370 e. The summed E-state index contributed by atoms with van der Waals surface area (Å²) >= 11 is 0. The molecule has 1 aromatic heterocycles. The van der Waals surface area contributed by atoms with E-state index in [1.165, 1.54) is 6.07 Å². The van der Waals surface area contributed by atoms with Crippen LogP contribution in [0.15, 0.2) is 12.1 Å². The molecular formula is C13H20N4O2. The first-order valence-electron chi connectivity index (χ1n) is 6.60. The van der Waals surface area contributed by atoms with Gasteiger partial charge in [-0.1, -0.05) is 20.8 Å². The molecule has 104 valence electrons. The predicted molar refractivity (Wildman–Crippen MR) is 75.5 cm³/mol. The molecule has 0 radical (unpaired) electrons. The van der Waals surface area contributed by atoms with Crippen molar-refractivity contribution in [2.75, 3.05) is 17.2 Å². The minimum absolute atomic E-state index is 0.0322. The van der Waals surface area contributed by atoms with Gasteiger partial charge in [-0.25, -0.2) is 4.98 Å². The average molecular weight is 264 g/mol. The largest absolute Gasteiger partial charge is 0.370 e. The molecule has 0 spiro atoms. The number of rotatable bonds is 6. The lowest BCUT2D eigenvalue weighted by Crippen LogP contribution is -2.12. The Balaban J connectivity index is 2.18. The van der Waals surface area contributed by atoms with E-state index in [1.54, 1.807) is 6.07 Å². The molecule has 0 amide bonds. The van der Waals surface area contributed by atoms with Gasteiger partial charge in [-0.3, -0.25) is 10.1 Å². The molecule has 0 aliphatic heterocycles. The number of nitrogens with zero attached hydrogens (tertiary/aromatic N) is 2. The molecule has 1 aromatic rings. The summed E-state index contributed by atoms with van der Waals surface area (Å²) in [6, 6.07) is 3.42. The third-order valence-corrected chi connectivity index (χ3v) is 3.45. The Labute approximate surface area is 112 Å². The Bertz CT molecular complexity index is 488. The number of nitrogens with one attached hydrogen (secondary N) is 2. The van der Waals surface area contributed by atoms with E-state index in [9.17, 15) is 10.1 Å². The molecule has 0 saturated heterocycles. The van der Waals surface area contributed by atoms with Crippen molar-refractivity contribution >= 4 is 17.3 Å². The maximum absolute atomic E-state index is 11.0. The summed E-state index contributed by atoms with van der Waals surface area (Å²) in [5.41, 5.74) is 0.229. The lowest BCUT2D eigenvalue weighted by Gasteiger charge is -2.10. The summed E-state index contributed by atoms with van der Waals surface area (Å²) < 4.78 is 0. The van der Waals surface area contributed by atoms with Crippen LogP contribution in [0.3, 0.4) is 0 Å². The van der Waals surface area contributed by atoms with Crippen LogP contribution in [0.2, 0.25) is 0 Å². The van der Waals surface area contributed by atoms with Gasteiger partial charge < -0.3 is 10.6 Å². The van der Waals surface area contributed by atoms with Gasteiger partial charge in [-0.15, -0.1) is 0 Å². The fraction of sp³-hybridized carbons (Fsp3) is 0.615. The smallest absolute Gasteiger partial charge is 0.311 e. The first-order valence-corrected chi connectivity index (χ1v) is 6.60. The number of hydrogen-bond donors (Lipinski definition) is 2. The van der Waals surface area contributed by atoms with E-state index in [0.717, 1.165) is 19.4 Å². The molecule has 1 atom stereocenters. The Morgan fingerprint density at radius 2 is 2.21 bits per heavy atom. The van der Waals surface area contributed by atoms with Crippen molar-refractivity contribution in [2.24, 2.45) is 5.41 Å². The zero-order valence-electron chi connectivity index (χ0n) is 11.6. The summed E-state index contributed by atoms with van der Waals surface area (Å²) in [4.78, 5) is 14.9. The van der Waals surface area contributed by atoms with Crippen molar-refractivity contribution in [2.45, 2.75) is 39.7 Å². The topological polar surface area (TPSA) is 80.1 Å². The van der Waals surface area contributed by atoms with Crippen molar-refractivity contribution in [1.29, 1.82) is 0 Å². The molecule has 1 saturated carbocycles. The Hall–Kier alpha value is -1.85. The standard InChI is InChI=1S/C13H20N4O2/c1-4-7-14-11-6-5-9(17(18)19)12(16-11)15-10-8-13(10,2)3/h5-6,10H,4,7-8H2,1-3H3,(H2,14,15,16). The van der Waals surface area contributed by atoms with E-state index in [2.05, 4.69) is 36.4 Å². The van der Waals surface area contributed by atoms with Crippen LogP contribution in [0.5, 0.6) is 0 Å². The quantitative estimate of drug-likeness (QED) is 0.609. The summed E-state index contributed by atoms with van der Waals surface area (Å²) in [5, 5.41) is 17.3. The molecule has 1 unspecified atom stereocenters. The van der Waals surface area contributed by atoms with Crippen molar-refractivity contribution < 1.29 is 4.92 Å². The molecule has 1 heterocycles. The van der Waals surface area contributed by atoms with E-state index in [-0.39, 0.29) is 17.1 Å². The monoisotopic (exact) mass is 264 g/mol. The molecule has 1 aliphatic carbocycles. The van der Waals surface area contributed by atoms with Crippen LogP contribution in [-0.4, -0.2) is 22.5 Å². The van der Waals surface area contributed by atoms with Gasteiger partial charge in [-0.05, 0) is 24.3 Å². The van der Waals surface area contributed by atoms with Gasteiger partial charge >= 0.3 is 5.69 Å². The van der Waals surface area contributed by atoms with Gasteiger partial charge in [0.15, 0.2) is 0 Å². The molecule has 1 aliphatic rings. The van der Waals surface area contributed by atoms with Gasteiger partial charge in [0.1, 0.15) is 5.82 Å². The SMILES string of the molecule is CCCNc1ccc([N+](=O)[O-])c(NC2CC2(C)C)n1. The molecule has 19 heavy (non-hydrogen) atoms. The van der Waals surface area contributed by atoms with Crippen molar-refractivity contribution in [3.63, 3.8) is 0 Å². The highest BCUT2D eigenvalue weighted by Gasteiger charge is 2.46. The lowest BCUT2D eigenvalue weighted by atomic mass is 10.2. The van der Waals surface area contributed by atoms with Gasteiger partial charge in [0.05, 0.1) is 4.92 Å². The first-order chi connectivity index (χ1) is 8.94. The second kappa shape index (κ2) is 5.03. The normalized spacial score (nSPS) is 19.8. The molecular weight excluding hydrogens is 244 g/mol. The summed E-state index contributed by atoms with van der Waals surface area (Å²) in [6.07, 6.45) is 2.00. The van der Waals surface area contributed by atoms with Crippen LogP contribution in [0, 0.1) is 15.5 Å². The second-order valence-electron chi connectivity index (χ2n) is 5.64. The van der Waals surface area contributed by atoms with Crippen LogP contribution in [0.4, 0.5) is 17.3 Å². The highest BCUT2D eigenvalue weighted by molar-refractivity contribution is 5.61. The number of pyridine rings is 1. The highest BCUT2D eigenvalue weighted by atomic mass is 16.6. The maximum Gasteiger partial charge on any atom is 0.311 e. The van der Waals surface area contributed by atoms with Crippen LogP contribution in [0.1, 0.15) is 33.6 Å². The Morgan fingerprint density at radius 3 is 2.74 bits per heavy atom. The molecule has 2 rings (SSSR count). The lowest BCUT2D eigenvalue weighted by molar-refractivity contribution is -0.384. The second-order valence-corrected chi connectivity index (χ2v) is 5.64. The van der Waals surface area contributed by atoms with Crippen LogP contribution in [0.25, 0.3) is 0 Å². The maximum atomic E-state index is 11.0. The molecule has 6 heteroatoms. The Kier molecular flexibility index (Phi) is 3.59. The zero-order valence-corrected chi connectivity index (χ0v) is 11.6. The van der Waals surface area contributed by atoms with E-state index in [0.29, 0.717) is 11.6 Å². The van der Waals surface area contributed by atoms with Gasteiger partial charge in [0.25, 0.3) is 0 Å². The van der Waals surface area contributed by atoms with E-state index >= 15 is 0 Å². The van der Waals surface area contributed by atoms with Crippen LogP contribution < -0.4 is 10.6 Å². The fourth-order valence-corrected chi connectivity index (χ4v) is 1.94. The van der Waals surface area contributed by atoms with Crippen LogP contribution in [-0.2, 0) is 0 Å².